The number of nitrogens with one attached hydrogen (secondary N) is 1. The Morgan fingerprint density at radius 3 is 2.67 bits per heavy atom. The molecule has 0 bridgehead atoms. The zero-order chi connectivity index (χ0) is 13.0. The molecule has 2 aromatic rings. The van der Waals surface area contributed by atoms with Gasteiger partial charge in [-0.05, 0) is 30.5 Å². The molecule has 0 saturated carbocycles. The van der Waals surface area contributed by atoms with Crippen molar-refractivity contribution in [3.8, 4) is 0 Å². The minimum atomic E-state index is 0.311. The maximum atomic E-state index is 5.51. The molecule has 5 heteroatoms. The van der Waals surface area contributed by atoms with Crippen molar-refractivity contribution in [3.63, 3.8) is 0 Å². The van der Waals surface area contributed by atoms with E-state index in [1.54, 1.807) is 18.0 Å². The summed E-state index contributed by atoms with van der Waals surface area (Å²) in [5.41, 5.74) is 8.12. The smallest absolute Gasteiger partial charge is 0.122 e. The van der Waals surface area contributed by atoms with E-state index in [1.165, 1.54) is 4.90 Å². The van der Waals surface area contributed by atoms with E-state index < -0.39 is 0 Å². The maximum Gasteiger partial charge on any atom is 0.122 e. The molecule has 0 atom stereocenters. The van der Waals surface area contributed by atoms with Crippen molar-refractivity contribution in [2.24, 2.45) is 5.73 Å². The molecule has 0 aliphatic rings. The van der Waals surface area contributed by atoms with E-state index in [4.69, 9.17) is 18.0 Å². The molecule has 1 heterocycles. The summed E-state index contributed by atoms with van der Waals surface area (Å²) < 4.78 is 0. The van der Waals surface area contributed by atoms with E-state index in [-0.39, 0.29) is 0 Å². The number of anilines is 2. The highest BCUT2D eigenvalue weighted by Gasteiger charge is 2.02. The van der Waals surface area contributed by atoms with E-state index in [1.807, 2.05) is 30.3 Å². The Kier molecular flexibility index (Phi) is 4.17. The SMILES string of the molecule is CSc1ccccc1Nc1ccc(C(N)=S)nc1. The van der Waals surface area contributed by atoms with E-state index >= 15 is 0 Å². The molecular weight excluding hydrogens is 262 g/mol. The molecule has 2 rings (SSSR count). The zero-order valence-electron chi connectivity index (χ0n) is 9.88. The molecule has 0 amide bonds. The first kappa shape index (κ1) is 12.9. The van der Waals surface area contributed by atoms with Crippen molar-refractivity contribution in [2.75, 3.05) is 11.6 Å². The Bertz CT molecular complexity index is 552. The van der Waals surface area contributed by atoms with Crippen molar-refractivity contribution in [1.29, 1.82) is 0 Å². The second-order valence-electron chi connectivity index (χ2n) is 3.62. The monoisotopic (exact) mass is 275 g/mol. The molecule has 3 N–H and O–H groups in total. The summed E-state index contributed by atoms with van der Waals surface area (Å²) >= 11 is 6.57. The number of benzene rings is 1. The highest BCUT2D eigenvalue weighted by Crippen LogP contribution is 2.27. The Labute approximate surface area is 116 Å². The van der Waals surface area contributed by atoms with Crippen molar-refractivity contribution < 1.29 is 0 Å². The van der Waals surface area contributed by atoms with Crippen LogP contribution < -0.4 is 11.1 Å². The fraction of sp³-hybridized carbons (Fsp3) is 0.0769. The van der Waals surface area contributed by atoms with Crippen LogP contribution in [0.4, 0.5) is 11.4 Å². The molecule has 18 heavy (non-hydrogen) atoms. The number of aromatic nitrogens is 1. The molecule has 3 nitrogen and oxygen atoms in total. The molecule has 0 aliphatic heterocycles. The van der Waals surface area contributed by atoms with Crippen LogP contribution >= 0.6 is 24.0 Å². The lowest BCUT2D eigenvalue weighted by Crippen LogP contribution is -2.11. The van der Waals surface area contributed by atoms with Crippen LogP contribution in [-0.2, 0) is 0 Å². The van der Waals surface area contributed by atoms with Gasteiger partial charge in [-0.3, -0.25) is 4.98 Å². The summed E-state index contributed by atoms with van der Waals surface area (Å²) in [6.45, 7) is 0. The molecule has 1 aromatic carbocycles. The van der Waals surface area contributed by atoms with Crippen molar-refractivity contribution in [1.82, 2.24) is 4.98 Å². The Balaban J connectivity index is 2.21. The van der Waals surface area contributed by atoms with Crippen LogP contribution in [0.15, 0.2) is 47.5 Å². The quantitative estimate of drug-likeness (QED) is 0.663. The lowest BCUT2D eigenvalue weighted by atomic mass is 10.3. The van der Waals surface area contributed by atoms with Crippen molar-refractivity contribution in [2.45, 2.75) is 4.90 Å². The zero-order valence-corrected chi connectivity index (χ0v) is 11.5. The van der Waals surface area contributed by atoms with Gasteiger partial charge in [0.1, 0.15) is 4.99 Å². The van der Waals surface area contributed by atoms with Gasteiger partial charge in [-0.25, -0.2) is 0 Å². The van der Waals surface area contributed by atoms with Crippen LogP contribution in [0, 0.1) is 0 Å². The minimum absolute atomic E-state index is 0.311. The minimum Gasteiger partial charge on any atom is -0.388 e. The third kappa shape index (κ3) is 3.00. The predicted molar refractivity (Wildman–Crippen MR) is 81.6 cm³/mol. The molecule has 0 saturated heterocycles. The fourth-order valence-corrected chi connectivity index (χ4v) is 2.19. The number of thioether (sulfide) groups is 1. The summed E-state index contributed by atoms with van der Waals surface area (Å²) in [7, 11) is 0. The van der Waals surface area contributed by atoms with Crippen molar-refractivity contribution >= 4 is 40.3 Å². The largest absolute Gasteiger partial charge is 0.388 e. The third-order valence-corrected chi connectivity index (χ3v) is 3.41. The van der Waals surface area contributed by atoms with E-state index in [0.29, 0.717) is 10.7 Å². The van der Waals surface area contributed by atoms with Crippen LogP contribution in [-0.4, -0.2) is 16.2 Å². The lowest BCUT2D eigenvalue weighted by molar-refractivity contribution is 1.28. The number of nitrogens with zero attached hydrogens (tertiary/aromatic N) is 1. The summed E-state index contributed by atoms with van der Waals surface area (Å²) in [6.07, 6.45) is 3.78. The lowest BCUT2D eigenvalue weighted by Gasteiger charge is -2.10. The van der Waals surface area contributed by atoms with Gasteiger partial charge in [-0.15, -0.1) is 11.8 Å². The van der Waals surface area contributed by atoms with Gasteiger partial charge in [0.05, 0.1) is 23.3 Å². The Morgan fingerprint density at radius 2 is 2.06 bits per heavy atom. The number of rotatable bonds is 4. The number of pyridine rings is 1. The summed E-state index contributed by atoms with van der Waals surface area (Å²) in [5.74, 6) is 0. The van der Waals surface area contributed by atoms with E-state index in [9.17, 15) is 0 Å². The van der Waals surface area contributed by atoms with Gasteiger partial charge in [-0.1, -0.05) is 24.4 Å². The first-order chi connectivity index (χ1) is 8.70. The second kappa shape index (κ2) is 5.84. The topological polar surface area (TPSA) is 50.9 Å². The van der Waals surface area contributed by atoms with Crippen LogP contribution in [0.1, 0.15) is 5.69 Å². The summed E-state index contributed by atoms with van der Waals surface area (Å²) in [5, 5.41) is 3.32. The second-order valence-corrected chi connectivity index (χ2v) is 4.91. The van der Waals surface area contributed by atoms with Gasteiger partial charge in [-0.2, -0.15) is 0 Å². The normalized spacial score (nSPS) is 10.1. The van der Waals surface area contributed by atoms with Gasteiger partial charge in [0, 0.05) is 4.90 Å². The molecular formula is C13H13N3S2. The Hall–Kier alpha value is -1.59. The molecule has 0 unspecified atom stereocenters. The first-order valence-electron chi connectivity index (χ1n) is 5.36. The van der Waals surface area contributed by atoms with Gasteiger partial charge < -0.3 is 11.1 Å². The van der Waals surface area contributed by atoms with Gasteiger partial charge in [0.25, 0.3) is 0 Å². The summed E-state index contributed by atoms with van der Waals surface area (Å²) in [6, 6.07) is 11.9. The van der Waals surface area contributed by atoms with E-state index in [0.717, 1.165) is 11.4 Å². The van der Waals surface area contributed by atoms with Crippen LogP contribution in [0.3, 0.4) is 0 Å². The maximum absolute atomic E-state index is 5.51. The van der Waals surface area contributed by atoms with Gasteiger partial charge in [0.2, 0.25) is 0 Å². The Morgan fingerprint density at radius 1 is 1.28 bits per heavy atom. The number of hydrogen-bond donors (Lipinski definition) is 2. The predicted octanol–water partition coefficient (Wildman–Crippen LogP) is 3.18. The number of thiocarbonyl (C=S) groups is 1. The molecule has 1 aromatic heterocycles. The van der Waals surface area contributed by atoms with Crippen molar-refractivity contribution in [3.05, 3.63) is 48.3 Å². The molecule has 0 aliphatic carbocycles. The standard InChI is InChI=1S/C13H13N3S2/c1-18-12-5-3-2-4-10(12)16-9-6-7-11(13(14)17)15-8-9/h2-8,16H,1H3,(H2,14,17). The number of nitrogens with two attached hydrogens (primary N) is 1. The van der Waals surface area contributed by atoms with Crippen LogP contribution in [0.2, 0.25) is 0 Å². The van der Waals surface area contributed by atoms with Crippen LogP contribution in [0.25, 0.3) is 0 Å². The third-order valence-electron chi connectivity index (χ3n) is 2.40. The average Bonchev–Trinajstić information content (AvgIpc) is 2.40. The van der Waals surface area contributed by atoms with Crippen LogP contribution in [0.5, 0.6) is 0 Å². The number of para-hydroxylation sites is 1. The molecule has 0 fully saturated rings. The first-order valence-corrected chi connectivity index (χ1v) is 7.00. The fourth-order valence-electron chi connectivity index (χ4n) is 1.52. The average molecular weight is 275 g/mol. The van der Waals surface area contributed by atoms with Gasteiger partial charge in [0.15, 0.2) is 0 Å². The molecule has 0 radical (unpaired) electrons. The molecule has 0 spiro atoms. The molecule has 92 valence electrons. The highest BCUT2D eigenvalue weighted by molar-refractivity contribution is 7.98. The summed E-state index contributed by atoms with van der Waals surface area (Å²) in [4.78, 5) is 5.70. The highest BCUT2D eigenvalue weighted by atomic mass is 32.2. The van der Waals surface area contributed by atoms with Gasteiger partial charge >= 0.3 is 0 Å². The van der Waals surface area contributed by atoms with E-state index in [2.05, 4.69) is 22.6 Å². The number of hydrogen-bond acceptors (Lipinski definition) is 4.